The van der Waals surface area contributed by atoms with Crippen LogP contribution in [0.2, 0.25) is 0 Å². The van der Waals surface area contributed by atoms with Crippen molar-refractivity contribution in [1.82, 2.24) is 4.98 Å². The van der Waals surface area contributed by atoms with Crippen molar-refractivity contribution in [2.45, 2.75) is 12.8 Å². The van der Waals surface area contributed by atoms with Gasteiger partial charge in [0.1, 0.15) is 4.60 Å². The molecule has 2 N–H and O–H groups in total. The maximum Gasteiger partial charge on any atom is 0.181 e. The Morgan fingerprint density at radius 1 is 1.43 bits per heavy atom. The van der Waals surface area contributed by atoms with E-state index in [2.05, 4.69) is 38.4 Å². The van der Waals surface area contributed by atoms with Gasteiger partial charge in [0.15, 0.2) is 5.13 Å². The van der Waals surface area contributed by atoms with Crippen molar-refractivity contribution in [3.8, 4) is 0 Å². The van der Waals surface area contributed by atoms with E-state index in [4.69, 9.17) is 5.73 Å². The topological polar surface area (TPSA) is 38.9 Å². The van der Waals surface area contributed by atoms with Gasteiger partial charge in [0, 0.05) is 9.75 Å². The second-order valence-corrected chi connectivity index (χ2v) is 5.74. The number of halogens is 1. The van der Waals surface area contributed by atoms with Crippen molar-refractivity contribution >= 4 is 43.7 Å². The van der Waals surface area contributed by atoms with Crippen molar-refractivity contribution in [3.63, 3.8) is 0 Å². The first-order valence-electron chi connectivity index (χ1n) is 4.19. The predicted octanol–water partition coefficient (Wildman–Crippen LogP) is 3.33. The summed E-state index contributed by atoms with van der Waals surface area (Å²) in [7, 11) is 0. The lowest BCUT2D eigenvalue weighted by Gasteiger charge is -1.94. The molecule has 2 aromatic rings. The summed E-state index contributed by atoms with van der Waals surface area (Å²) in [5.41, 5.74) is 5.61. The highest BCUT2D eigenvalue weighted by Gasteiger charge is 2.06. The maximum atomic E-state index is 5.61. The summed E-state index contributed by atoms with van der Waals surface area (Å²) in [6.07, 6.45) is 2.08. The van der Waals surface area contributed by atoms with Crippen molar-refractivity contribution < 1.29 is 0 Å². The van der Waals surface area contributed by atoms with E-state index in [9.17, 15) is 0 Å². The fraction of sp³-hybridized carbons (Fsp3) is 0.222. The normalized spacial score (nSPS) is 10.6. The highest BCUT2D eigenvalue weighted by Crippen LogP contribution is 2.26. The first-order valence-corrected chi connectivity index (χ1v) is 6.67. The smallest absolute Gasteiger partial charge is 0.181 e. The van der Waals surface area contributed by atoms with Crippen molar-refractivity contribution in [1.29, 1.82) is 0 Å². The number of nitrogens with two attached hydrogens (primary N) is 1. The second kappa shape index (κ2) is 4.42. The minimum Gasteiger partial charge on any atom is -0.375 e. The highest BCUT2D eigenvalue weighted by atomic mass is 79.9. The fourth-order valence-electron chi connectivity index (χ4n) is 1.20. The molecular weight excluding hydrogens is 280 g/mol. The second-order valence-electron chi connectivity index (χ2n) is 2.85. The standard InChI is InChI=1S/C9H9BrN2S2/c10-8-7(14-9(11)12-8)4-3-6-2-1-5-13-6/h1-2,5H,3-4H2,(H2,11,12). The SMILES string of the molecule is Nc1nc(Br)c(CCc2cccs2)s1. The van der Waals surface area contributed by atoms with Gasteiger partial charge in [-0.05, 0) is 40.2 Å². The van der Waals surface area contributed by atoms with Gasteiger partial charge in [-0.1, -0.05) is 6.07 Å². The van der Waals surface area contributed by atoms with Crippen molar-refractivity contribution in [3.05, 3.63) is 31.9 Å². The van der Waals surface area contributed by atoms with Crippen molar-refractivity contribution in [2.75, 3.05) is 5.73 Å². The van der Waals surface area contributed by atoms with Crippen LogP contribution in [0.15, 0.2) is 22.1 Å². The molecule has 0 spiro atoms. The van der Waals surface area contributed by atoms with E-state index in [1.165, 1.54) is 9.75 Å². The molecule has 2 aromatic heterocycles. The van der Waals surface area contributed by atoms with Crippen LogP contribution in [0.3, 0.4) is 0 Å². The van der Waals surface area contributed by atoms with Gasteiger partial charge in [-0.2, -0.15) is 0 Å². The molecule has 0 aliphatic heterocycles. The van der Waals surface area contributed by atoms with Crippen LogP contribution < -0.4 is 5.73 Å². The Kier molecular flexibility index (Phi) is 3.20. The Bertz CT molecular complexity index is 408. The zero-order chi connectivity index (χ0) is 9.97. The fourth-order valence-corrected chi connectivity index (χ4v) is 3.38. The van der Waals surface area contributed by atoms with Crippen LogP contribution in [0.25, 0.3) is 0 Å². The third kappa shape index (κ3) is 2.34. The van der Waals surface area contributed by atoms with Gasteiger partial charge in [0.2, 0.25) is 0 Å². The Morgan fingerprint density at radius 3 is 2.86 bits per heavy atom. The summed E-state index contributed by atoms with van der Waals surface area (Å²) in [4.78, 5) is 6.77. The van der Waals surface area contributed by atoms with Crippen LogP contribution in [0.5, 0.6) is 0 Å². The third-order valence-corrected chi connectivity index (χ3v) is 4.64. The van der Waals surface area contributed by atoms with E-state index >= 15 is 0 Å². The quantitative estimate of drug-likeness (QED) is 0.941. The zero-order valence-electron chi connectivity index (χ0n) is 7.37. The van der Waals surface area contributed by atoms with Gasteiger partial charge in [-0.3, -0.25) is 0 Å². The number of nitrogen functional groups attached to an aromatic ring is 1. The van der Waals surface area contributed by atoms with Crippen LogP contribution in [-0.4, -0.2) is 4.98 Å². The Hall–Kier alpha value is -0.390. The van der Waals surface area contributed by atoms with Gasteiger partial charge in [-0.25, -0.2) is 4.98 Å². The Labute approximate surface area is 98.9 Å². The minimum absolute atomic E-state index is 0.637. The summed E-state index contributed by atoms with van der Waals surface area (Å²) >= 11 is 6.76. The average Bonchev–Trinajstić information content (AvgIpc) is 2.72. The first kappa shape index (κ1) is 10.1. The number of hydrogen-bond acceptors (Lipinski definition) is 4. The molecule has 0 aliphatic rings. The molecule has 0 fully saturated rings. The molecule has 14 heavy (non-hydrogen) atoms. The summed E-state index contributed by atoms with van der Waals surface area (Å²) in [5, 5.41) is 2.74. The van der Waals surface area contributed by atoms with E-state index in [0.717, 1.165) is 17.4 Å². The molecule has 0 aromatic carbocycles. The van der Waals surface area contributed by atoms with Crippen LogP contribution in [0, 0.1) is 0 Å². The number of hydrogen-bond donors (Lipinski definition) is 1. The monoisotopic (exact) mass is 288 g/mol. The van der Waals surface area contributed by atoms with Crippen LogP contribution >= 0.6 is 38.6 Å². The highest BCUT2D eigenvalue weighted by molar-refractivity contribution is 9.10. The van der Waals surface area contributed by atoms with E-state index < -0.39 is 0 Å². The lowest BCUT2D eigenvalue weighted by atomic mass is 10.2. The number of thiophene rings is 1. The van der Waals surface area contributed by atoms with Gasteiger partial charge >= 0.3 is 0 Å². The number of thiazole rings is 1. The van der Waals surface area contributed by atoms with E-state index in [1.807, 2.05) is 0 Å². The van der Waals surface area contributed by atoms with Crippen LogP contribution in [0.4, 0.5) is 5.13 Å². The van der Waals surface area contributed by atoms with Crippen LogP contribution in [-0.2, 0) is 12.8 Å². The zero-order valence-corrected chi connectivity index (χ0v) is 10.6. The molecule has 5 heteroatoms. The summed E-state index contributed by atoms with van der Waals surface area (Å²) in [6, 6.07) is 4.24. The molecule has 0 radical (unpaired) electrons. The summed E-state index contributed by atoms with van der Waals surface area (Å²) < 4.78 is 0.900. The lowest BCUT2D eigenvalue weighted by Crippen LogP contribution is -1.85. The minimum atomic E-state index is 0.637. The van der Waals surface area contributed by atoms with Crippen molar-refractivity contribution in [2.24, 2.45) is 0 Å². The number of aryl methyl sites for hydroxylation is 2. The van der Waals surface area contributed by atoms with E-state index in [0.29, 0.717) is 5.13 Å². The number of anilines is 1. The molecule has 2 nitrogen and oxygen atoms in total. The van der Waals surface area contributed by atoms with Gasteiger partial charge in [0.25, 0.3) is 0 Å². The predicted molar refractivity (Wildman–Crippen MR) is 66.0 cm³/mol. The van der Waals surface area contributed by atoms with E-state index in [1.54, 1.807) is 22.7 Å². The van der Waals surface area contributed by atoms with Gasteiger partial charge in [-0.15, -0.1) is 22.7 Å². The maximum absolute atomic E-state index is 5.61. The average molecular weight is 289 g/mol. The molecule has 0 saturated carbocycles. The molecule has 0 aliphatic carbocycles. The molecular formula is C9H9BrN2S2. The molecule has 2 heterocycles. The molecule has 0 atom stereocenters. The van der Waals surface area contributed by atoms with Gasteiger partial charge < -0.3 is 5.73 Å². The largest absolute Gasteiger partial charge is 0.375 e. The molecule has 2 rings (SSSR count). The molecule has 0 unspecified atom stereocenters. The third-order valence-electron chi connectivity index (χ3n) is 1.84. The lowest BCUT2D eigenvalue weighted by molar-refractivity contribution is 0.991. The first-order chi connectivity index (χ1) is 6.75. The Balaban J connectivity index is 2.01. The van der Waals surface area contributed by atoms with Crippen LogP contribution in [0.1, 0.15) is 9.75 Å². The molecule has 0 bridgehead atoms. The number of nitrogens with zero attached hydrogens (tertiary/aromatic N) is 1. The molecule has 74 valence electrons. The Morgan fingerprint density at radius 2 is 2.29 bits per heavy atom. The number of aromatic nitrogens is 1. The molecule has 0 saturated heterocycles. The number of rotatable bonds is 3. The van der Waals surface area contributed by atoms with E-state index in [-0.39, 0.29) is 0 Å². The molecule has 0 amide bonds. The summed E-state index contributed by atoms with van der Waals surface area (Å²) in [5.74, 6) is 0. The summed E-state index contributed by atoms with van der Waals surface area (Å²) in [6.45, 7) is 0. The van der Waals surface area contributed by atoms with Gasteiger partial charge in [0.05, 0.1) is 0 Å².